The number of rotatable bonds is 8. The van der Waals surface area contributed by atoms with Crippen molar-refractivity contribution < 1.29 is 42.0 Å². The molecule has 226 valence electrons. The first-order valence-electron chi connectivity index (χ1n) is 12.9. The number of carboxylic acid groups (broad SMARTS) is 1. The molecule has 0 bridgehead atoms. The van der Waals surface area contributed by atoms with E-state index < -0.39 is 12.3 Å². The van der Waals surface area contributed by atoms with Crippen molar-refractivity contribution in [1.29, 1.82) is 0 Å². The molecule has 0 aliphatic carbocycles. The molecule has 1 aliphatic heterocycles. The second-order valence-electron chi connectivity index (χ2n) is 9.73. The molecular formula is C31H19Cl3F3NO6. The topological polar surface area (TPSA) is 79.2 Å². The van der Waals surface area contributed by atoms with E-state index >= 15 is 0 Å². The Morgan fingerprint density at radius 1 is 0.886 bits per heavy atom. The van der Waals surface area contributed by atoms with Crippen molar-refractivity contribution >= 4 is 51.7 Å². The van der Waals surface area contributed by atoms with Crippen LogP contribution in [-0.2, 0) is 13.2 Å². The van der Waals surface area contributed by atoms with Gasteiger partial charge in [-0.1, -0.05) is 46.9 Å². The maximum atomic E-state index is 12.9. The summed E-state index contributed by atoms with van der Waals surface area (Å²) in [6.45, 7) is 0.153. The highest BCUT2D eigenvalue weighted by Gasteiger charge is 2.31. The summed E-state index contributed by atoms with van der Waals surface area (Å²) in [4.78, 5) is 12.9. The highest BCUT2D eigenvalue weighted by Crippen LogP contribution is 2.42. The van der Waals surface area contributed by atoms with Crippen molar-refractivity contribution in [3.05, 3.63) is 105 Å². The van der Waals surface area contributed by atoms with Gasteiger partial charge in [0.1, 0.15) is 23.8 Å². The third-order valence-corrected chi connectivity index (χ3v) is 7.61. The molecule has 4 aromatic carbocycles. The lowest BCUT2D eigenvalue weighted by molar-refractivity contribution is -0.274. The number of benzene rings is 4. The zero-order valence-corrected chi connectivity index (χ0v) is 24.5. The average Bonchev–Trinajstić information content (AvgIpc) is 3.53. The SMILES string of the molecule is O=C(O)c1c(-c2cc(Cl)cc(Cl)c2)c2cc(OCc3ccc(OC(F)(F)F)cc3)ccc2n1Cc1cc2c(cc1Cl)OCO2. The van der Waals surface area contributed by atoms with Crippen molar-refractivity contribution in [3.8, 4) is 34.1 Å². The summed E-state index contributed by atoms with van der Waals surface area (Å²) in [7, 11) is 0. The Balaban J connectivity index is 1.42. The van der Waals surface area contributed by atoms with Gasteiger partial charge in [-0.05, 0) is 71.3 Å². The van der Waals surface area contributed by atoms with Gasteiger partial charge in [-0.3, -0.25) is 0 Å². The van der Waals surface area contributed by atoms with Crippen LogP contribution < -0.4 is 18.9 Å². The molecule has 0 spiro atoms. The molecule has 5 aromatic rings. The van der Waals surface area contributed by atoms with Crippen molar-refractivity contribution in [1.82, 2.24) is 4.57 Å². The van der Waals surface area contributed by atoms with E-state index in [0.29, 0.717) is 65.5 Å². The smallest absolute Gasteiger partial charge is 0.489 e. The minimum Gasteiger partial charge on any atom is -0.489 e. The number of carboxylic acids is 1. The fourth-order valence-corrected chi connectivity index (χ4v) is 5.74. The van der Waals surface area contributed by atoms with Crippen LogP contribution in [0.5, 0.6) is 23.0 Å². The second kappa shape index (κ2) is 11.7. The molecule has 44 heavy (non-hydrogen) atoms. The molecule has 0 saturated carbocycles. The Bertz CT molecular complexity index is 1890. The first-order chi connectivity index (χ1) is 20.9. The predicted molar refractivity (Wildman–Crippen MR) is 158 cm³/mol. The highest BCUT2D eigenvalue weighted by molar-refractivity contribution is 6.35. The normalized spacial score (nSPS) is 12.5. The molecule has 6 rings (SSSR count). The Hall–Kier alpha value is -4.25. The maximum absolute atomic E-state index is 12.9. The summed E-state index contributed by atoms with van der Waals surface area (Å²) in [5, 5.41) is 12.0. The summed E-state index contributed by atoms with van der Waals surface area (Å²) >= 11 is 19.2. The number of fused-ring (bicyclic) bond motifs is 2. The van der Waals surface area contributed by atoms with Gasteiger partial charge in [0.15, 0.2) is 11.5 Å². The van der Waals surface area contributed by atoms with Crippen LogP contribution in [0.25, 0.3) is 22.0 Å². The lowest BCUT2D eigenvalue weighted by Crippen LogP contribution is -2.17. The number of hydrogen-bond acceptors (Lipinski definition) is 5. The first-order valence-corrected chi connectivity index (χ1v) is 14.0. The van der Waals surface area contributed by atoms with Gasteiger partial charge in [0.05, 0.1) is 6.54 Å². The van der Waals surface area contributed by atoms with Crippen molar-refractivity contribution in [3.63, 3.8) is 0 Å². The van der Waals surface area contributed by atoms with E-state index in [9.17, 15) is 23.1 Å². The molecule has 1 N–H and O–H groups in total. The van der Waals surface area contributed by atoms with Gasteiger partial charge in [-0.25, -0.2) is 4.79 Å². The molecule has 1 aromatic heterocycles. The number of aromatic carboxylic acids is 1. The molecule has 1 aliphatic rings. The van der Waals surface area contributed by atoms with Crippen LogP contribution in [0.1, 0.15) is 21.6 Å². The summed E-state index contributed by atoms with van der Waals surface area (Å²) in [6.07, 6.45) is -4.79. The van der Waals surface area contributed by atoms with E-state index in [1.165, 1.54) is 30.3 Å². The number of carbonyl (C=O) groups is 1. The van der Waals surface area contributed by atoms with Crippen LogP contribution >= 0.6 is 34.8 Å². The van der Waals surface area contributed by atoms with E-state index in [0.717, 1.165) is 0 Å². The Morgan fingerprint density at radius 3 is 2.20 bits per heavy atom. The van der Waals surface area contributed by atoms with E-state index in [4.69, 9.17) is 49.0 Å². The van der Waals surface area contributed by atoms with Crippen LogP contribution in [0.4, 0.5) is 13.2 Å². The molecule has 0 fully saturated rings. The van der Waals surface area contributed by atoms with Crippen LogP contribution in [-0.4, -0.2) is 28.8 Å². The largest absolute Gasteiger partial charge is 0.573 e. The molecule has 0 saturated heterocycles. The summed E-state index contributed by atoms with van der Waals surface area (Å²) in [5.41, 5.74) is 2.53. The van der Waals surface area contributed by atoms with E-state index in [2.05, 4.69) is 4.74 Å². The van der Waals surface area contributed by atoms with Gasteiger partial charge in [0.2, 0.25) is 6.79 Å². The highest BCUT2D eigenvalue weighted by atomic mass is 35.5. The van der Waals surface area contributed by atoms with E-state index in [1.807, 2.05) is 0 Å². The molecule has 0 radical (unpaired) electrons. The Labute approximate surface area is 262 Å². The second-order valence-corrected chi connectivity index (χ2v) is 11.0. The molecule has 0 amide bonds. The first kappa shape index (κ1) is 29.8. The number of aromatic nitrogens is 1. The van der Waals surface area contributed by atoms with Crippen molar-refractivity contribution in [2.45, 2.75) is 19.5 Å². The van der Waals surface area contributed by atoms with Crippen LogP contribution in [0.15, 0.2) is 72.8 Å². The van der Waals surface area contributed by atoms with Gasteiger partial charge >= 0.3 is 12.3 Å². The molecule has 7 nitrogen and oxygen atoms in total. The number of nitrogens with zero attached hydrogens (tertiary/aromatic N) is 1. The summed E-state index contributed by atoms with van der Waals surface area (Å²) < 4.78 is 59.9. The third kappa shape index (κ3) is 6.19. The minimum atomic E-state index is -4.79. The molecular weight excluding hydrogens is 646 g/mol. The number of halogens is 6. The molecule has 13 heteroatoms. The van der Waals surface area contributed by atoms with Gasteiger partial charge < -0.3 is 28.6 Å². The fourth-order valence-electron chi connectivity index (χ4n) is 5.01. The fraction of sp³-hybridized carbons (Fsp3) is 0.129. The zero-order chi connectivity index (χ0) is 31.2. The van der Waals surface area contributed by atoms with E-state index in [1.54, 1.807) is 47.0 Å². The van der Waals surface area contributed by atoms with E-state index in [-0.39, 0.29) is 31.4 Å². The molecule has 0 atom stereocenters. The number of hydrogen-bond donors (Lipinski definition) is 1. The van der Waals surface area contributed by atoms with Gasteiger partial charge in [0, 0.05) is 37.6 Å². The summed E-state index contributed by atoms with van der Waals surface area (Å²) in [6, 6.07) is 18.5. The monoisotopic (exact) mass is 663 g/mol. The Kier molecular flexibility index (Phi) is 7.91. The lowest BCUT2D eigenvalue weighted by atomic mass is 10.0. The standard InChI is InChI=1S/C31H19Cl3F3NO6/c32-19-7-17(8-20(33)10-19)28-23-11-22(41-14-16-1-3-21(4-2-16)44-31(35,36)37)5-6-25(23)38(29(28)30(39)40)13-18-9-26-27(12-24(18)34)43-15-42-26/h1-12H,13-15H2,(H,39,40). The van der Waals surface area contributed by atoms with Crippen molar-refractivity contribution in [2.75, 3.05) is 6.79 Å². The lowest BCUT2D eigenvalue weighted by Gasteiger charge is -2.12. The predicted octanol–water partition coefficient (Wildman–Crippen LogP) is 9.22. The van der Waals surface area contributed by atoms with Gasteiger partial charge in [-0.2, -0.15) is 0 Å². The van der Waals surface area contributed by atoms with Crippen LogP contribution in [0, 0.1) is 0 Å². The molecule has 2 heterocycles. The third-order valence-electron chi connectivity index (χ3n) is 6.82. The average molecular weight is 665 g/mol. The molecule has 0 unspecified atom stereocenters. The van der Waals surface area contributed by atoms with Crippen LogP contribution in [0.2, 0.25) is 15.1 Å². The van der Waals surface area contributed by atoms with Gasteiger partial charge in [0.25, 0.3) is 0 Å². The zero-order valence-electron chi connectivity index (χ0n) is 22.3. The minimum absolute atomic E-state index is 0.0232. The summed E-state index contributed by atoms with van der Waals surface area (Å²) in [5.74, 6) is -0.176. The number of alkyl halides is 3. The Morgan fingerprint density at radius 2 is 1.55 bits per heavy atom. The van der Waals surface area contributed by atoms with Crippen molar-refractivity contribution in [2.24, 2.45) is 0 Å². The number of ether oxygens (including phenoxy) is 4. The quantitative estimate of drug-likeness (QED) is 0.178. The van der Waals surface area contributed by atoms with Crippen LogP contribution in [0.3, 0.4) is 0 Å². The maximum Gasteiger partial charge on any atom is 0.573 e. The van der Waals surface area contributed by atoms with Gasteiger partial charge in [-0.15, -0.1) is 13.2 Å².